The van der Waals surface area contributed by atoms with Crippen molar-refractivity contribution in [3.63, 3.8) is 0 Å². The van der Waals surface area contributed by atoms with Crippen molar-refractivity contribution < 1.29 is 20.1 Å². The predicted octanol–water partition coefficient (Wildman–Crippen LogP) is 5.11. The van der Waals surface area contributed by atoms with E-state index >= 15 is 0 Å². The summed E-state index contributed by atoms with van der Waals surface area (Å²) in [7, 11) is 0. The molecule has 3 nitrogen and oxygen atoms in total. The van der Waals surface area contributed by atoms with E-state index in [1.807, 2.05) is 28.9 Å². The summed E-state index contributed by atoms with van der Waals surface area (Å²) in [5, 5.41) is 8.37. The molecular weight excluding hydrogens is 486 g/mol. The second-order valence-electron chi connectivity index (χ2n) is 6.49. The van der Waals surface area contributed by atoms with Crippen LogP contribution in [0.3, 0.4) is 0 Å². The van der Waals surface area contributed by atoms with Gasteiger partial charge >= 0.3 is 0 Å². The van der Waals surface area contributed by atoms with Gasteiger partial charge < -0.3 is 0 Å². The van der Waals surface area contributed by atoms with E-state index in [2.05, 4.69) is 50.2 Å². The first kappa shape index (κ1) is 16.2. The molecule has 0 spiro atoms. The van der Waals surface area contributed by atoms with Crippen molar-refractivity contribution >= 4 is 38.2 Å². The molecule has 0 aliphatic carbocycles. The summed E-state index contributed by atoms with van der Waals surface area (Å²) >= 11 is 0. The zero-order valence-electron chi connectivity index (χ0n) is 13.9. The summed E-state index contributed by atoms with van der Waals surface area (Å²) in [6.07, 6.45) is 1.86. The average molecular weight is 503 g/mol. The van der Waals surface area contributed by atoms with E-state index in [0.29, 0.717) is 5.92 Å². The normalized spacial score (nSPS) is 11.6. The Balaban J connectivity index is 0.00000157. The van der Waals surface area contributed by atoms with E-state index < -0.39 is 0 Å². The quantitative estimate of drug-likeness (QED) is 0.236. The molecule has 5 rings (SSSR count). The second kappa shape index (κ2) is 5.90. The maximum absolute atomic E-state index is 4.88. The Morgan fingerprint density at radius 2 is 1.84 bits per heavy atom. The number of hydrogen-bond acceptors (Lipinski definition) is 2. The van der Waals surface area contributed by atoms with Crippen molar-refractivity contribution in [2.24, 2.45) is 0 Å². The zero-order valence-corrected chi connectivity index (χ0v) is 16.3. The molecule has 0 unspecified atom stereocenters. The van der Waals surface area contributed by atoms with Gasteiger partial charge in [-0.05, 0) is 34.5 Å². The van der Waals surface area contributed by atoms with Gasteiger partial charge in [0, 0.05) is 31.7 Å². The van der Waals surface area contributed by atoms with Gasteiger partial charge in [-0.1, -0.05) is 32.0 Å². The third-order valence-corrected chi connectivity index (χ3v) is 4.72. The Morgan fingerprint density at radius 1 is 1.00 bits per heavy atom. The number of pyridine rings is 2. The number of para-hydroxylation sites is 1. The van der Waals surface area contributed by atoms with E-state index in [-0.39, 0.29) is 20.1 Å². The Hall–Kier alpha value is -2.29. The molecule has 25 heavy (non-hydrogen) atoms. The molecular formula is C21H16IrN3-. The Labute approximate surface area is 159 Å². The van der Waals surface area contributed by atoms with Crippen molar-refractivity contribution in [1.29, 1.82) is 0 Å². The van der Waals surface area contributed by atoms with Gasteiger partial charge in [-0.3, -0.25) is 9.50 Å². The molecule has 0 N–H and O–H groups in total. The number of fused-ring (bicyclic) bond motifs is 8. The number of rotatable bonds is 1. The van der Waals surface area contributed by atoms with Gasteiger partial charge in [0.05, 0.1) is 16.6 Å². The van der Waals surface area contributed by atoms with Gasteiger partial charge in [-0.25, -0.2) is 0 Å². The van der Waals surface area contributed by atoms with E-state index in [4.69, 9.17) is 10.1 Å². The molecule has 5 aromatic rings. The summed E-state index contributed by atoms with van der Waals surface area (Å²) in [6.45, 7) is 4.45. The van der Waals surface area contributed by atoms with Crippen molar-refractivity contribution in [3.8, 4) is 0 Å². The molecule has 0 atom stereocenters. The largest absolute Gasteiger partial charge is 0.255 e. The van der Waals surface area contributed by atoms with Crippen LogP contribution in [0.25, 0.3) is 38.2 Å². The molecule has 3 aromatic heterocycles. The molecule has 3 heterocycles. The van der Waals surface area contributed by atoms with Gasteiger partial charge in [0.2, 0.25) is 0 Å². The van der Waals surface area contributed by atoms with Gasteiger partial charge in [-0.2, -0.15) is 29.4 Å². The van der Waals surface area contributed by atoms with E-state index in [0.717, 1.165) is 32.8 Å². The molecule has 0 saturated heterocycles. The first-order valence-corrected chi connectivity index (χ1v) is 8.24. The smallest absolute Gasteiger partial charge is 0.0977 e. The van der Waals surface area contributed by atoms with Crippen LogP contribution in [-0.2, 0) is 20.1 Å². The molecule has 1 radical (unpaired) electrons. The molecule has 125 valence electrons. The first-order valence-electron chi connectivity index (χ1n) is 8.24. The fraction of sp³-hybridized carbons (Fsp3) is 0.143. The molecule has 2 aromatic carbocycles. The topological polar surface area (TPSA) is 30.2 Å². The molecule has 4 heteroatoms. The van der Waals surface area contributed by atoms with E-state index in [1.165, 1.54) is 10.9 Å². The maximum Gasteiger partial charge on any atom is 0.0977 e. The molecule has 0 aliphatic heterocycles. The van der Waals surface area contributed by atoms with Crippen LogP contribution in [0, 0.1) is 6.07 Å². The third kappa shape index (κ3) is 2.21. The Bertz CT molecular complexity index is 1240. The van der Waals surface area contributed by atoms with Gasteiger partial charge in [-0.15, -0.1) is 5.39 Å². The van der Waals surface area contributed by atoms with Crippen molar-refractivity contribution in [2.75, 3.05) is 0 Å². The van der Waals surface area contributed by atoms with Gasteiger partial charge in [0.25, 0.3) is 0 Å². The third-order valence-electron chi connectivity index (χ3n) is 4.72. The van der Waals surface area contributed by atoms with Crippen LogP contribution in [0.4, 0.5) is 0 Å². The van der Waals surface area contributed by atoms with Gasteiger partial charge in [0.1, 0.15) is 0 Å². The maximum atomic E-state index is 4.88. The second-order valence-corrected chi connectivity index (χ2v) is 6.49. The number of benzene rings is 2. The molecule has 0 aliphatic rings. The number of hydrogen-bond donors (Lipinski definition) is 0. The van der Waals surface area contributed by atoms with Crippen LogP contribution < -0.4 is 0 Å². The summed E-state index contributed by atoms with van der Waals surface area (Å²) in [5.74, 6) is 0.427. The average Bonchev–Trinajstić information content (AvgIpc) is 3.02. The Morgan fingerprint density at radius 3 is 2.68 bits per heavy atom. The standard InChI is InChI=1S/C21H16N3.Ir/c1-13(2)14-8-5-10-17-19(14)21-20-16(9-6-12-22-20)15-7-3-4-11-18(15)24(21)23-17;/h3-10,12-13H,1-2H3;/q-1;. The van der Waals surface area contributed by atoms with Crippen molar-refractivity contribution in [2.45, 2.75) is 19.8 Å². The summed E-state index contributed by atoms with van der Waals surface area (Å²) < 4.78 is 2.02. The van der Waals surface area contributed by atoms with Crippen molar-refractivity contribution in [1.82, 2.24) is 14.6 Å². The summed E-state index contributed by atoms with van der Waals surface area (Å²) in [4.78, 5) is 4.71. The summed E-state index contributed by atoms with van der Waals surface area (Å²) in [5.41, 5.74) is 5.40. The minimum absolute atomic E-state index is 0. The van der Waals surface area contributed by atoms with Gasteiger partial charge in [0.15, 0.2) is 0 Å². The minimum atomic E-state index is 0. The number of nitrogens with zero attached hydrogens (tertiary/aromatic N) is 3. The minimum Gasteiger partial charge on any atom is -0.255 e. The van der Waals surface area contributed by atoms with Crippen LogP contribution in [0.5, 0.6) is 0 Å². The van der Waals surface area contributed by atoms with Crippen LogP contribution in [0.1, 0.15) is 25.3 Å². The van der Waals surface area contributed by atoms with Crippen LogP contribution in [0.2, 0.25) is 0 Å². The monoisotopic (exact) mass is 503 g/mol. The van der Waals surface area contributed by atoms with E-state index in [9.17, 15) is 0 Å². The Kier molecular flexibility index (Phi) is 3.82. The SMILES string of the molecule is CC(C)c1cccc2nn3c4[c-]cccc4c4cccnc4c3c12.[Ir]. The van der Waals surface area contributed by atoms with Crippen molar-refractivity contribution in [3.05, 3.63) is 66.4 Å². The summed E-state index contributed by atoms with van der Waals surface area (Å²) in [6, 6.07) is 19.9. The zero-order chi connectivity index (χ0) is 16.3. The fourth-order valence-corrected chi connectivity index (χ4v) is 3.66. The molecule has 0 saturated carbocycles. The first-order chi connectivity index (χ1) is 11.8. The molecule has 0 amide bonds. The molecule has 0 bridgehead atoms. The fourth-order valence-electron chi connectivity index (χ4n) is 3.66. The predicted molar refractivity (Wildman–Crippen MR) is 98.4 cm³/mol. The van der Waals surface area contributed by atoms with E-state index in [1.54, 1.807) is 0 Å². The molecule has 0 fully saturated rings. The van der Waals surface area contributed by atoms with Crippen LogP contribution in [0.15, 0.2) is 54.7 Å². The van der Waals surface area contributed by atoms with Crippen LogP contribution >= 0.6 is 0 Å². The number of aromatic nitrogens is 3. The van der Waals surface area contributed by atoms with Crippen LogP contribution in [-0.4, -0.2) is 14.6 Å².